The molecule has 2 aromatic carbocycles. The van der Waals surface area contributed by atoms with E-state index < -0.39 is 15.5 Å². The van der Waals surface area contributed by atoms with Crippen LogP contribution in [-0.2, 0) is 10.0 Å². The normalized spacial score (nSPS) is 12.8. The molecular formula is C19H21ClF3N3O2S. The Morgan fingerprint density at radius 2 is 1.83 bits per heavy atom. The zero-order valence-corrected chi connectivity index (χ0v) is 17.9. The predicted molar refractivity (Wildman–Crippen MR) is 111 cm³/mol. The quantitative estimate of drug-likeness (QED) is 0.472. The van der Waals surface area contributed by atoms with E-state index in [9.17, 15) is 21.6 Å². The summed E-state index contributed by atoms with van der Waals surface area (Å²) < 4.78 is 63.1. The Morgan fingerprint density at radius 1 is 1.17 bits per heavy atom. The molecule has 0 amide bonds. The van der Waals surface area contributed by atoms with Crippen molar-refractivity contribution in [2.24, 2.45) is 5.10 Å². The topological polar surface area (TPSA) is 61.8 Å². The van der Waals surface area contributed by atoms with E-state index in [1.165, 1.54) is 12.1 Å². The molecule has 158 valence electrons. The van der Waals surface area contributed by atoms with E-state index in [0.29, 0.717) is 17.3 Å². The largest absolute Gasteiger partial charge is 0.516 e. The first-order valence-electron chi connectivity index (χ1n) is 8.64. The molecule has 0 bridgehead atoms. The van der Waals surface area contributed by atoms with Gasteiger partial charge in [-0.3, -0.25) is 9.73 Å². The molecule has 0 saturated heterocycles. The Labute approximate surface area is 173 Å². The summed E-state index contributed by atoms with van der Waals surface area (Å²) in [5.41, 5.74) is -2.61. The second-order valence-electron chi connectivity index (χ2n) is 6.43. The highest BCUT2D eigenvalue weighted by Gasteiger charge is 2.46. The van der Waals surface area contributed by atoms with Gasteiger partial charge in [0.05, 0.1) is 17.1 Å². The molecule has 0 saturated carbocycles. The van der Waals surface area contributed by atoms with E-state index in [0.717, 1.165) is 16.8 Å². The first-order chi connectivity index (χ1) is 13.4. The van der Waals surface area contributed by atoms with E-state index >= 15 is 0 Å². The van der Waals surface area contributed by atoms with Crippen LogP contribution >= 0.6 is 11.6 Å². The SMILES string of the molecule is CCN(/N=C(\C)c1cc(C)ccc1NS(=O)(=O)C(F)(F)F)c1ccc(Cl)cc1C. The predicted octanol–water partition coefficient (Wildman–Crippen LogP) is 5.47. The number of hydrogen-bond donors (Lipinski definition) is 1. The van der Waals surface area contributed by atoms with Gasteiger partial charge in [0.25, 0.3) is 0 Å². The lowest BCUT2D eigenvalue weighted by atomic mass is 10.1. The van der Waals surface area contributed by atoms with Crippen molar-refractivity contribution in [2.45, 2.75) is 33.2 Å². The first kappa shape index (κ1) is 23.0. The summed E-state index contributed by atoms with van der Waals surface area (Å²) in [6.07, 6.45) is 0. The average molecular weight is 448 g/mol. The standard InChI is InChI=1S/C19H21ClF3N3O2S/c1-5-26(18-9-7-15(20)11-13(18)3)24-14(4)16-10-12(2)6-8-17(16)25-29(27,28)19(21,22)23/h6-11,25H,5H2,1-4H3/b24-14+. The van der Waals surface area contributed by atoms with E-state index in [2.05, 4.69) is 5.10 Å². The lowest BCUT2D eigenvalue weighted by Gasteiger charge is -2.22. The highest BCUT2D eigenvalue weighted by atomic mass is 35.5. The summed E-state index contributed by atoms with van der Waals surface area (Å²) in [7, 11) is -5.55. The summed E-state index contributed by atoms with van der Waals surface area (Å²) >= 11 is 5.99. The molecule has 2 rings (SSSR count). The summed E-state index contributed by atoms with van der Waals surface area (Å²) in [4.78, 5) is 0. The number of nitrogens with one attached hydrogen (secondary N) is 1. The molecule has 29 heavy (non-hydrogen) atoms. The van der Waals surface area contributed by atoms with Crippen molar-refractivity contribution >= 4 is 38.7 Å². The van der Waals surface area contributed by atoms with Gasteiger partial charge in [-0.25, -0.2) is 0 Å². The van der Waals surface area contributed by atoms with E-state index in [-0.39, 0.29) is 11.3 Å². The van der Waals surface area contributed by atoms with Gasteiger partial charge >= 0.3 is 15.5 Å². The fraction of sp³-hybridized carbons (Fsp3) is 0.316. The molecule has 0 aliphatic heterocycles. The number of aryl methyl sites for hydroxylation is 2. The lowest BCUT2D eigenvalue weighted by molar-refractivity contribution is -0.0429. The number of benzene rings is 2. The Balaban J connectivity index is 2.50. The van der Waals surface area contributed by atoms with Crippen LogP contribution in [0.2, 0.25) is 5.02 Å². The van der Waals surface area contributed by atoms with Gasteiger partial charge < -0.3 is 0 Å². The number of rotatable bonds is 6. The number of sulfonamides is 1. The molecule has 0 unspecified atom stereocenters. The summed E-state index contributed by atoms with van der Waals surface area (Å²) in [5, 5.41) is 6.76. The molecule has 0 spiro atoms. The van der Waals surface area contributed by atoms with Crippen LogP contribution in [-0.4, -0.2) is 26.2 Å². The maximum absolute atomic E-state index is 12.8. The second kappa shape index (κ2) is 8.62. The van der Waals surface area contributed by atoms with Crippen molar-refractivity contribution in [2.75, 3.05) is 16.3 Å². The smallest absolute Gasteiger partial charge is 0.275 e. The average Bonchev–Trinajstić information content (AvgIpc) is 2.60. The lowest BCUT2D eigenvalue weighted by Crippen LogP contribution is -2.30. The van der Waals surface area contributed by atoms with Gasteiger partial charge in [-0.2, -0.15) is 26.7 Å². The molecule has 0 aromatic heterocycles. The minimum absolute atomic E-state index is 0.196. The molecule has 0 atom stereocenters. The Bertz CT molecular complexity index is 1040. The maximum Gasteiger partial charge on any atom is 0.516 e. The Morgan fingerprint density at radius 3 is 2.38 bits per heavy atom. The van der Waals surface area contributed by atoms with Gasteiger partial charge in [0, 0.05) is 17.1 Å². The minimum Gasteiger partial charge on any atom is -0.275 e. The van der Waals surface area contributed by atoms with Crippen molar-refractivity contribution in [1.29, 1.82) is 0 Å². The number of nitrogens with zero attached hydrogens (tertiary/aromatic N) is 2. The van der Waals surface area contributed by atoms with Gasteiger partial charge in [0.2, 0.25) is 0 Å². The molecule has 0 heterocycles. The fourth-order valence-electron chi connectivity index (χ4n) is 2.69. The summed E-state index contributed by atoms with van der Waals surface area (Å²) in [6, 6.07) is 9.67. The first-order valence-corrected chi connectivity index (χ1v) is 10.5. The third-order valence-corrected chi connectivity index (χ3v) is 5.45. The van der Waals surface area contributed by atoms with Gasteiger partial charge in [0.1, 0.15) is 0 Å². The Kier molecular flexibility index (Phi) is 6.85. The van der Waals surface area contributed by atoms with Crippen LogP contribution < -0.4 is 9.73 Å². The highest BCUT2D eigenvalue weighted by Crippen LogP contribution is 2.29. The van der Waals surface area contributed by atoms with Crippen molar-refractivity contribution in [3.63, 3.8) is 0 Å². The third-order valence-electron chi connectivity index (χ3n) is 4.12. The van der Waals surface area contributed by atoms with Crippen LogP contribution in [0.3, 0.4) is 0 Å². The minimum atomic E-state index is -5.55. The van der Waals surface area contributed by atoms with Gasteiger partial charge in [0.15, 0.2) is 0 Å². The molecular weight excluding hydrogens is 427 g/mol. The molecule has 0 fully saturated rings. The van der Waals surface area contributed by atoms with E-state index in [1.54, 1.807) is 47.8 Å². The van der Waals surface area contributed by atoms with E-state index in [4.69, 9.17) is 11.6 Å². The number of halogens is 4. The molecule has 1 N–H and O–H groups in total. The van der Waals surface area contributed by atoms with Gasteiger partial charge in [-0.05, 0) is 63.6 Å². The second-order valence-corrected chi connectivity index (χ2v) is 8.54. The van der Waals surface area contributed by atoms with Crippen LogP contribution in [0.1, 0.15) is 30.5 Å². The van der Waals surface area contributed by atoms with Crippen LogP contribution in [0.15, 0.2) is 41.5 Å². The number of alkyl halides is 3. The molecule has 10 heteroatoms. The summed E-state index contributed by atoms with van der Waals surface area (Å²) in [5.74, 6) is 0. The molecule has 5 nitrogen and oxygen atoms in total. The number of anilines is 2. The molecule has 0 radical (unpaired) electrons. The van der Waals surface area contributed by atoms with Crippen molar-refractivity contribution in [3.05, 3.63) is 58.1 Å². The molecule has 0 aliphatic carbocycles. The maximum atomic E-state index is 12.8. The van der Waals surface area contributed by atoms with Gasteiger partial charge in [-0.1, -0.05) is 23.2 Å². The van der Waals surface area contributed by atoms with Crippen molar-refractivity contribution in [3.8, 4) is 0 Å². The molecule has 2 aromatic rings. The molecule has 0 aliphatic rings. The van der Waals surface area contributed by atoms with Crippen LogP contribution in [0.4, 0.5) is 24.5 Å². The summed E-state index contributed by atoms with van der Waals surface area (Å²) in [6.45, 7) is 7.57. The highest BCUT2D eigenvalue weighted by molar-refractivity contribution is 7.93. The number of hydrazone groups is 1. The van der Waals surface area contributed by atoms with Crippen molar-refractivity contribution < 1.29 is 21.6 Å². The van der Waals surface area contributed by atoms with E-state index in [1.807, 2.05) is 13.8 Å². The Hall–Kier alpha value is -2.26. The third kappa shape index (κ3) is 5.42. The monoisotopic (exact) mass is 447 g/mol. The van der Waals surface area contributed by atoms with Crippen LogP contribution in [0, 0.1) is 13.8 Å². The zero-order chi connectivity index (χ0) is 22.0. The van der Waals surface area contributed by atoms with Gasteiger partial charge in [-0.15, -0.1) is 0 Å². The van der Waals surface area contributed by atoms with Crippen molar-refractivity contribution in [1.82, 2.24) is 0 Å². The fourth-order valence-corrected chi connectivity index (χ4v) is 3.50. The van der Waals surface area contributed by atoms with Crippen LogP contribution in [0.5, 0.6) is 0 Å². The zero-order valence-electron chi connectivity index (χ0n) is 16.3. The number of hydrogen-bond acceptors (Lipinski definition) is 4. The van der Waals surface area contributed by atoms with Crippen LogP contribution in [0.25, 0.3) is 0 Å².